The summed E-state index contributed by atoms with van der Waals surface area (Å²) in [6.45, 7) is 7.21. The predicted molar refractivity (Wildman–Crippen MR) is 105 cm³/mol. The standard InChI is InChI=1S/C20H26N6O/c1-16-5-8-24(9-6-16)19-15-22-17(14-23-19)20(27)26-12-10-25(11-13-26)18-4-2-3-7-21-18/h2-4,7,14-16H,5-6,8-13H2,1H3. The topological polar surface area (TPSA) is 65.5 Å². The highest BCUT2D eigenvalue weighted by Crippen LogP contribution is 2.21. The van der Waals surface area contributed by atoms with E-state index >= 15 is 0 Å². The molecule has 2 aliphatic rings. The Bertz CT molecular complexity index is 750. The summed E-state index contributed by atoms with van der Waals surface area (Å²) in [5.41, 5.74) is 0.426. The minimum Gasteiger partial charge on any atom is -0.355 e. The zero-order valence-corrected chi connectivity index (χ0v) is 15.8. The van der Waals surface area contributed by atoms with Gasteiger partial charge < -0.3 is 14.7 Å². The Hall–Kier alpha value is -2.70. The van der Waals surface area contributed by atoms with Gasteiger partial charge in [0.05, 0.1) is 12.4 Å². The molecule has 142 valence electrons. The number of anilines is 2. The van der Waals surface area contributed by atoms with E-state index in [-0.39, 0.29) is 5.91 Å². The summed E-state index contributed by atoms with van der Waals surface area (Å²) in [7, 11) is 0. The first-order valence-electron chi connectivity index (χ1n) is 9.73. The second-order valence-corrected chi connectivity index (χ2v) is 7.40. The molecule has 0 aromatic carbocycles. The third-order valence-electron chi connectivity index (χ3n) is 5.51. The number of piperazine rings is 1. The van der Waals surface area contributed by atoms with Crippen LogP contribution in [-0.4, -0.2) is 65.0 Å². The average Bonchev–Trinajstić information content (AvgIpc) is 2.75. The third-order valence-corrected chi connectivity index (χ3v) is 5.51. The van der Waals surface area contributed by atoms with Gasteiger partial charge >= 0.3 is 0 Å². The molecule has 2 aromatic rings. The molecular formula is C20H26N6O. The maximum Gasteiger partial charge on any atom is 0.274 e. The molecule has 27 heavy (non-hydrogen) atoms. The van der Waals surface area contributed by atoms with Crippen molar-refractivity contribution < 1.29 is 4.79 Å². The van der Waals surface area contributed by atoms with Gasteiger partial charge in [0.1, 0.15) is 17.3 Å². The molecule has 7 heteroatoms. The van der Waals surface area contributed by atoms with E-state index in [1.165, 1.54) is 12.8 Å². The van der Waals surface area contributed by atoms with Crippen molar-refractivity contribution in [3.8, 4) is 0 Å². The van der Waals surface area contributed by atoms with Gasteiger partial charge in [0.25, 0.3) is 5.91 Å². The summed E-state index contributed by atoms with van der Waals surface area (Å²) in [6.07, 6.45) is 7.53. The van der Waals surface area contributed by atoms with E-state index in [0.717, 1.165) is 43.7 Å². The maximum atomic E-state index is 12.7. The van der Waals surface area contributed by atoms with Crippen molar-refractivity contribution in [2.24, 2.45) is 5.92 Å². The van der Waals surface area contributed by atoms with Gasteiger partial charge in [0, 0.05) is 45.5 Å². The molecular weight excluding hydrogens is 340 g/mol. The third kappa shape index (κ3) is 4.02. The summed E-state index contributed by atoms with van der Waals surface area (Å²) in [6, 6.07) is 5.90. The Morgan fingerprint density at radius 1 is 0.889 bits per heavy atom. The minimum absolute atomic E-state index is 0.0398. The predicted octanol–water partition coefficient (Wildman–Crippen LogP) is 2.07. The highest BCUT2D eigenvalue weighted by molar-refractivity contribution is 5.92. The van der Waals surface area contributed by atoms with E-state index in [2.05, 4.69) is 31.7 Å². The number of carbonyl (C=O) groups excluding carboxylic acids is 1. The Morgan fingerprint density at radius 2 is 1.63 bits per heavy atom. The molecule has 0 atom stereocenters. The fourth-order valence-electron chi connectivity index (χ4n) is 3.67. The monoisotopic (exact) mass is 366 g/mol. The van der Waals surface area contributed by atoms with Crippen LogP contribution in [0.25, 0.3) is 0 Å². The molecule has 0 radical (unpaired) electrons. The van der Waals surface area contributed by atoms with Crippen molar-refractivity contribution in [3.05, 3.63) is 42.5 Å². The van der Waals surface area contributed by atoms with E-state index < -0.39 is 0 Å². The summed E-state index contributed by atoms with van der Waals surface area (Å²) in [5, 5.41) is 0. The molecule has 0 spiro atoms. The highest BCUT2D eigenvalue weighted by Gasteiger charge is 2.24. The highest BCUT2D eigenvalue weighted by atomic mass is 16.2. The smallest absolute Gasteiger partial charge is 0.274 e. The molecule has 1 amide bonds. The number of rotatable bonds is 3. The molecule has 0 saturated carbocycles. The van der Waals surface area contributed by atoms with Crippen LogP contribution >= 0.6 is 0 Å². The quantitative estimate of drug-likeness (QED) is 0.829. The van der Waals surface area contributed by atoms with Gasteiger partial charge in [0.2, 0.25) is 0 Å². The van der Waals surface area contributed by atoms with Gasteiger partial charge in [-0.05, 0) is 30.9 Å². The van der Waals surface area contributed by atoms with E-state index in [1.54, 1.807) is 18.6 Å². The first-order valence-corrected chi connectivity index (χ1v) is 9.73. The number of nitrogens with zero attached hydrogens (tertiary/aromatic N) is 6. The van der Waals surface area contributed by atoms with E-state index in [9.17, 15) is 4.79 Å². The van der Waals surface area contributed by atoms with Crippen LogP contribution in [0.3, 0.4) is 0 Å². The number of piperidine rings is 1. The summed E-state index contributed by atoms with van der Waals surface area (Å²) < 4.78 is 0. The molecule has 0 N–H and O–H groups in total. The molecule has 2 aromatic heterocycles. The minimum atomic E-state index is -0.0398. The fraction of sp³-hybridized carbons (Fsp3) is 0.500. The number of amides is 1. The lowest BCUT2D eigenvalue weighted by Gasteiger charge is -2.35. The lowest BCUT2D eigenvalue weighted by molar-refractivity contribution is 0.0740. The number of hydrogen-bond donors (Lipinski definition) is 0. The van der Waals surface area contributed by atoms with Crippen molar-refractivity contribution in [2.75, 3.05) is 49.1 Å². The normalized spacial score (nSPS) is 18.6. The average molecular weight is 366 g/mol. The van der Waals surface area contributed by atoms with Crippen LogP contribution in [0.1, 0.15) is 30.3 Å². The second-order valence-electron chi connectivity index (χ2n) is 7.40. The van der Waals surface area contributed by atoms with E-state index in [0.29, 0.717) is 18.8 Å². The number of aromatic nitrogens is 3. The van der Waals surface area contributed by atoms with E-state index in [1.807, 2.05) is 23.1 Å². The van der Waals surface area contributed by atoms with Crippen molar-refractivity contribution in [1.29, 1.82) is 0 Å². The van der Waals surface area contributed by atoms with Gasteiger partial charge in [-0.2, -0.15) is 0 Å². The first-order chi connectivity index (χ1) is 13.2. The molecule has 0 bridgehead atoms. The van der Waals surface area contributed by atoms with Crippen LogP contribution in [0.4, 0.5) is 11.6 Å². The molecule has 4 heterocycles. The molecule has 0 unspecified atom stereocenters. The Kier molecular flexibility index (Phi) is 5.18. The van der Waals surface area contributed by atoms with Crippen LogP contribution in [0.15, 0.2) is 36.8 Å². The number of carbonyl (C=O) groups is 1. The lowest BCUT2D eigenvalue weighted by Crippen LogP contribution is -2.49. The molecule has 2 aliphatic heterocycles. The Balaban J connectivity index is 1.35. The maximum absolute atomic E-state index is 12.7. The molecule has 4 rings (SSSR count). The number of pyridine rings is 1. The van der Waals surface area contributed by atoms with Crippen LogP contribution in [0, 0.1) is 5.92 Å². The fourth-order valence-corrected chi connectivity index (χ4v) is 3.67. The zero-order chi connectivity index (χ0) is 18.6. The molecule has 2 fully saturated rings. The largest absolute Gasteiger partial charge is 0.355 e. The molecule has 2 saturated heterocycles. The van der Waals surface area contributed by atoms with Crippen LogP contribution in [-0.2, 0) is 0 Å². The lowest BCUT2D eigenvalue weighted by atomic mass is 9.99. The van der Waals surface area contributed by atoms with Crippen LogP contribution in [0.5, 0.6) is 0 Å². The van der Waals surface area contributed by atoms with Crippen molar-refractivity contribution in [2.45, 2.75) is 19.8 Å². The number of hydrogen-bond acceptors (Lipinski definition) is 6. The zero-order valence-electron chi connectivity index (χ0n) is 15.8. The Labute approximate surface area is 160 Å². The van der Waals surface area contributed by atoms with Gasteiger partial charge in [-0.25, -0.2) is 15.0 Å². The van der Waals surface area contributed by atoms with Crippen molar-refractivity contribution >= 4 is 17.5 Å². The van der Waals surface area contributed by atoms with Gasteiger partial charge in [-0.1, -0.05) is 13.0 Å². The van der Waals surface area contributed by atoms with Crippen molar-refractivity contribution in [3.63, 3.8) is 0 Å². The summed E-state index contributed by atoms with van der Waals surface area (Å²) in [4.78, 5) is 32.4. The molecule has 7 nitrogen and oxygen atoms in total. The van der Waals surface area contributed by atoms with Gasteiger partial charge in [-0.3, -0.25) is 4.79 Å². The van der Waals surface area contributed by atoms with Crippen LogP contribution < -0.4 is 9.80 Å². The SMILES string of the molecule is CC1CCN(c2cnc(C(=O)N3CCN(c4ccccn4)CC3)cn2)CC1. The van der Waals surface area contributed by atoms with Gasteiger partial charge in [-0.15, -0.1) is 0 Å². The van der Waals surface area contributed by atoms with Crippen LogP contribution in [0.2, 0.25) is 0 Å². The summed E-state index contributed by atoms with van der Waals surface area (Å²) >= 11 is 0. The molecule has 0 aliphatic carbocycles. The Morgan fingerprint density at radius 3 is 2.26 bits per heavy atom. The second kappa shape index (κ2) is 7.90. The summed E-state index contributed by atoms with van der Waals surface area (Å²) in [5.74, 6) is 2.57. The van der Waals surface area contributed by atoms with Gasteiger partial charge in [0.15, 0.2) is 0 Å². The first kappa shape index (κ1) is 17.7. The van der Waals surface area contributed by atoms with Crippen molar-refractivity contribution in [1.82, 2.24) is 19.9 Å². The van der Waals surface area contributed by atoms with E-state index in [4.69, 9.17) is 0 Å².